The standard InChI is InChI=1S/C20H30FN3O5S2/c1-16(2)13-24(17-7-12-30(26,27)15-17)20(25)14-22-8-10-23(11-9-22)31(28,29)19-6-4-3-5-18(19)21/h3-6,16-17H,7-15H2,1-2H3/t17-/m1/s1. The van der Waals surface area contributed by atoms with Gasteiger partial charge in [-0.15, -0.1) is 0 Å². The zero-order valence-corrected chi connectivity index (χ0v) is 19.5. The van der Waals surface area contributed by atoms with Gasteiger partial charge < -0.3 is 4.90 Å². The van der Waals surface area contributed by atoms with Gasteiger partial charge in [0.1, 0.15) is 10.7 Å². The summed E-state index contributed by atoms with van der Waals surface area (Å²) in [5.74, 6) is -0.612. The molecule has 174 valence electrons. The fourth-order valence-electron chi connectivity index (χ4n) is 4.07. The first-order valence-corrected chi connectivity index (χ1v) is 13.7. The molecule has 0 bridgehead atoms. The molecule has 31 heavy (non-hydrogen) atoms. The van der Waals surface area contributed by atoms with Crippen molar-refractivity contribution in [3.05, 3.63) is 30.1 Å². The Bertz CT molecular complexity index is 1010. The number of nitrogens with zero attached hydrogens (tertiary/aromatic N) is 3. The average Bonchev–Trinajstić information content (AvgIpc) is 3.06. The number of benzene rings is 1. The Morgan fingerprint density at radius 3 is 2.39 bits per heavy atom. The summed E-state index contributed by atoms with van der Waals surface area (Å²) in [6.45, 7) is 5.57. The number of hydrogen-bond donors (Lipinski definition) is 0. The molecule has 2 aliphatic rings. The van der Waals surface area contributed by atoms with Crippen LogP contribution in [0.2, 0.25) is 0 Å². The Morgan fingerprint density at radius 2 is 1.84 bits per heavy atom. The predicted molar refractivity (Wildman–Crippen MR) is 115 cm³/mol. The van der Waals surface area contributed by atoms with Crippen molar-refractivity contribution in [1.82, 2.24) is 14.1 Å². The quantitative estimate of drug-likeness (QED) is 0.579. The minimum Gasteiger partial charge on any atom is -0.337 e. The number of amides is 1. The van der Waals surface area contributed by atoms with Gasteiger partial charge in [0.05, 0.1) is 18.1 Å². The van der Waals surface area contributed by atoms with Crippen molar-refractivity contribution in [3.63, 3.8) is 0 Å². The molecule has 0 aromatic heterocycles. The van der Waals surface area contributed by atoms with Crippen LogP contribution in [0.15, 0.2) is 29.2 Å². The maximum atomic E-state index is 14.0. The lowest BCUT2D eigenvalue weighted by Gasteiger charge is -2.36. The summed E-state index contributed by atoms with van der Waals surface area (Å²) in [4.78, 5) is 16.2. The van der Waals surface area contributed by atoms with Gasteiger partial charge in [0.25, 0.3) is 0 Å². The molecule has 2 aliphatic heterocycles. The fraction of sp³-hybridized carbons (Fsp3) is 0.650. The molecular formula is C20H30FN3O5S2. The fourth-order valence-corrected chi connectivity index (χ4v) is 7.29. The van der Waals surface area contributed by atoms with E-state index in [1.54, 1.807) is 4.90 Å². The highest BCUT2D eigenvalue weighted by Gasteiger charge is 2.36. The van der Waals surface area contributed by atoms with Crippen molar-refractivity contribution in [2.24, 2.45) is 5.92 Å². The van der Waals surface area contributed by atoms with Crippen LogP contribution in [0, 0.1) is 11.7 Å². The maximum Gasteiger partial charge on any atom is 0.246 e. The number of carbonyl (C=O) groups excluding carboxylic acids is 1. The monoisotopic (exact) mass is 475 g/mol. The van der Waals surface area contributed by atoms with Crippen LogP contribution < -0.4 is 0 Å². The van der Waals surface area contributed by atoms with E-state index in [-0.39, 0.29) is 53.9 Å². The van der Waals surface area contributed by atoms with Crippen molar-refractivity contribution < 1.29 is 26.0 Å². The van der Waals surface area contributed by atoms with E-state index in [4.69, 9.17) is 0 Å². The topological polar surface area (TPSA) is 95.1 Å². The summed E-state index contributed by atoms with van der Waals surface area (Å²) >= 11 is 0. The van der Waals surface area contributed by atoms with E-state index in [2.05, 4.69) is 0 Å². The third kappa shape index (κ3) is 5.82. The summed E-state index contributed by atoms with van der Waals surface area (Å²) < 4.78 is 64.4. The van der Waals surface area contributed by atoms with Crippen LogP contribution in [0.25, 0.3) is 0 Å². The Hall–Kier alpha value is -1.56. The number of rotatable bonds is 7. The molecule has 2 saturated heterocycles. The number of sulfone groups is 1. The van der Waals surface area contributed by atoms with E-state index in [1.165, 1.54) is 22.5 Å². The predicted octanol–water partition coefficient (Wildman–Crippen LogP) is 0.804. The summed E-state index contributed by atoms with van der Waals surface area (Å²) in [5.41, 5.74) is 0. The normalized spacial score (nSPS) is 22.6. The zero-order valence-electron chi connectivity index (χ0n) is 17.9. The lowest BCUT2D eigenvalue weighted by molar-refractivity contribution is -0.135. The molecule has 0 unspecified atom stereocenters. The second kappa shape index (κ2) is 9.51. The smallest absolute Gasteiger partial charge is 0.246 e. The zero-order chi connectivity index (χ0) is 22.8. The minimum absolute atomic E-state index is 0.000120. The van der Waals surface area contributed by atoms with Gasteiger partial charge in [0.15, 0.2) is 9.84 Å². The molecule has 0 radical (unpaired) electrons. The van der Waals surface area contributed by atoms with Crippen LogP contribution in [-0.2, 0) is 24.7 Å². The molecule has 1 amide bonds. The van der Waals surface area contributed by atoms with Gasteiger partial charge in [-0.1, -0.05) is 26.0 Å². The third-order valence-electron chi connectivity index (χ3n) is 5.68. The number of sulfonamides is 1. The molecular weight excluding hydrogens is 445 g/mol. The molecule has 8 nitrogen and oxygen atoms in total. The van der Waals surface area contributed by atoms with Crippen LogP contribution >= 0.6 is 0 Å². The van der Waals surface area contributed by atoms with Gasteiger partial charge in [0, 0.05) is 38.8 Å². The molecule has 0 N–H and O–H groups in total. The Kier molecular flexibility index (Phi) is 7.39. The van der Waals surface area contributed by atoms with Crippen molar-refractivity contribution in [2.75, 3.05) is 50.8 Å². The molecule has 2 heterocycles. The molecule has 1 aromatic carbocycles. The lowest BCUT2D eigenvalue weighted by Crippen LogP contribution is -2.53. The number of hydrogen-bond acceptors (Lipinski definition) is 6. The van der Waals surface area contributed by atoms with Crippen molar-refractivity contribution in [1.29, 1.82) is 0 Å². The van der Waals surface area contributed by atoms with Crippen molar-refractivity contribution in [3.8, 4) is 0 Å². The van der Waals surface area contributed by atoms with Gasteiger partial charge in [-0.2, -0.15) is 4.31 Å². The second-order valence-electron chi connectivity index (χ2n) is 8.61. The highest BCUT2D eigenvalue weighted by atomic mass is 32.2. The summed E-state index contributed by atoms with van der Waals surface area (Å²) in [6, 6.07) is 4.99. The van der Waals surface area contributed by atoms with Crippen LogP contribution in [0.3, 0.4) is 0 Å². The van der Waals surface area contributed by atoms with Gasteiger partial charge in [-0.05, 0) is 24.5 Å². The summed E-state index contributed by atoms with van der Waals surface area (Å²) in [5, 5.41) is 0. The molecule has 3 rings (SSSR count). The van der Waals surface area contributed by atoms with E-state index in [0.29, 0.717) is 26.1 Å². The average molecular weight is 476 g/mol. The van der Waals surface area contributed by atoms with E-state index >= 15 is 0 Å². The Balaban J connectivity index is 1.61. The molecule has 1 aromatic rings. The van der Waals surface area contributed by atoms with Gasteiger partial charge in [0.2, 0.25) is 15.9 Å². The summed E-state index contributed by atoms with van der Waals surface area (Å²) in [7, 11) is -7.04. The minimum atomic E-state index is -3.93. The van der Waals surface area contributed by atoms with Crippen molar-refractivity contribution >= 4 is 25.8 Å². The summed E-state index contributed by atoms with van der Waals surface area (Å²) in [6.07, 6.45) is 0.454. The van der Waals surface area contributed by atoms with Gasteiger partial charge in [-0.25, -0.2) is 21.2 Å². The molecule has 1 atom stereocenters. The largest absolute Gasteiger partial charge is 0.337 e. The first-order chi connectivity index (χ1) is 14.5. The first kappa shape index (κ1) is 24.1. The Morgan fingerprint density at radius 1 is 1.19 bits per heavy atom. The highest BCUT2D eigenvalue weighted by molar-refractivity contribution is 7.91. The third-order valence-corrected chi connectivity index (χ3v) is 9.36. The molecule has 0 spiro atoms. The van der Waals surface area contributed by atoms with E-state index in [9.17, 15) is 26.0 Å². The SMILES string of the molecule is CC(C)CN(C(=O)CN1CCN(S(=O)(=O)c2ccccc2F)CC1)[C@@H]1CCS(=O)(=O)C1. The number of carbonyl (C=O) groups is 1. The number of halogens is 1. The van der Waals surface area contributed by atoms with Crippen LogP contribution in [0.4, 0.5) is 4.39 Å². The highest BCUT2D eigenvalue weighted by Crippen LogP contribution is 2.22. The first-order valence-electron chi connectivity index (χ1n) is 10.5. The van der Waals surface area contributed by atoms with Gasteiger partial charge >= 0.3 is 0 Å². The van der Waals surface area contributed by atoms with E-state index in [1.807, 2.05) is 18.7 Å². The van der Waals surface area contributed by atoms with Gasteiger partial charge in [-0.3, -0.25) is 9.69 Å². The molecule has 11 heteroatoms. The van der Waals surface area contributed by atoms with Crippen LogP contribution in [0.1, 0.15) is 20.3 Å². The van der Waals surface area contributed by atoms with E-state index in [0.717, 1.165) is 6.07 Å². The van der Waals surface area contributed by atoms with Crippen LogP contribution in [-0.4, -0.2) is 93.7 Å². The Labute approximate surface area is 184 Å². The second-order valence-corrected chi connectivity index (χ2v) is 12.7. The molecule has 0 aliphatic carbocycles. The maximum absolute atomic E-state index is 14.0. The molecule has 0 saturated carbocycles. The molecule has 2 fully saturated rings. The van der Waals surface area contributed by atoms with Crippen LogP contribution in [0.5, 0.6) is 0 Å². The van der Waals surface area contributed by atoms with Crippen molar-refractivity contribution in [2.45, 2.75) is 31.2 Å². The number of piperazine rings is 1. The van der Waals surface area contributed by atoms with E-state index < -0.39 is 25.7 Å². The lowest BCUT2D eigenvalue weighted by atomic mass is 10.1.